The number of benzene rings is 2. The maximum Gasteiger partial charge on any atom is 0.224 e. The van der Waals surface area contributed by atoms with Crippen molar-refractivity contribution in [3.05, 3.63) is 77.1 Å². The Balaban J connectivity index is 1.97. The Bertz CT molecular complexity index is 862. The number of para-hydroxylation sites is 1. The number of carbonyl (C=O) groups is 1. The van der Waals surface area contributed by atoms with E-state index < -0.39 is 5.82 Å². The van der Waals surface area contributed by atoms with Crippen LogP contribution in [0.4, 0.5) is 10.1 Å². The van der Waals surface area contributed by atoms with Crippen LogP contribution in [0, 0.1) is 5.82 Å². The van der Waals surface area contributed by atoms with E-state index in [1.807, 2.05) is 30.4 Å². The van der Waals surface area contributed by atoms with Crippen molar-refractivity contribution in [3.63, 3.8) is 0 Å². The molecule has 0 aliphatic heterocycles. The van der Waals surface area contributed by atoms with Crippen LogP contribution < -0.4 is 9.64 Å². The molecule has 3 nitrogen and oxygen atoms in total. The zero-order chi connectivity index (χ0) is 18.5. The molecule has 0 aromatic heterocycles. The second-order valence-electron chi connectivity index (χ2n) is 6.00. The van der Waals surface area contributed by atoms with Crippen LogP contribution in [0.3, 0.4) is 0 Å². The first-order valence-electron chi connectivity index (χ1n) is 8.39. The van der Waals surface area contributed by atoms with Crippen molar-refractivity contribution < 1.29 is 13.9 Å². The highest BCUT2D eigenvalue weighted by Gasteiger charge is 2.20. The largest absolute Gasteiger partial charge is 0.455 e. The van der Waals surface area contributed by atoms with Gasteiger partial charge in [0.05, 0.1) is 12.2 Å². The molecular weight excluding hydrogens is 353 g/mol. The highest BCUT2D eigenvalue weighted by molar-refractivity contribution is 6.30. The summed E-state index contributed by atoms with van der Waals surface area (Å²) in [6.45, 7) is 1.71. The predicted octanol–water partition coefficient (Wildman–Crippen LogP) is 5.81. The first-order chi connectivity index (χ1) is 12.5. The molecule has 0 heterocycles. The van der Waals surface area contributed by atoms with Crippen LogP contribution in [0.15, 0.2) is 71.3 Å². The smallest absolute Gasteiger partial charge is 0.224 e. The van der Waals surface area contributed by atoms with Gasteiger partial charge in [-0.1, -0.05) is 42.0 Å². The van der Waals surface area contributed by atoms with E-state index in [-0.39, 0.29) is 12.5 Å². The molecule has 0 saturated heterocycles. The van der Waals surface area contributed by atoms with Crippen molar-refractivity contribution >= 4 is 23.2 Å². The molecule has 1 aliphatic carbocycles. The molecule has 26 heavy (non-hydrogen) atoms. The van der Waals surface area contributed by atoms with Crippen molar-refractivity contribution in [2.75, 3.05) is 11.4 Å². The number of anilines is 1. The molecular formula is C21H19ClFNO2. The van der Waals surface area contributed by atoms with Gasteiger partial charge in [-0.2, -0.15) is 0 Å². The highest BCUT2D eigenvalue weighted by Crippen LogP contribution is 2.34. The van der Waals surface area contributed by atoms with Crippen LogP contribution >= 0.6 is 11.6 Å². The van der Waals surface area contributed by atoms with E-state index in [1.165, 1.54) is 30.0 Å². The van der Waals surface area contributed by atoms with Crippen molar-refractivity contribution in [1.29, 1.82) is 0 Å². The van der Waals surface area contributed by atoms with Gasteiger partial charge in [0, 0.05) is 18.0 Å². The molecule has 0 fully saturated rings. The van der Waals surface area contributed by atoms with Crippen LogP contribution in [0.2, 0.25) is 0 Å². The summed E-state index contributed by atoms with van der Waals surface area (Å²) in [5.74, 6) is 0.360. The molecule has 5 heteroatoms. The summed E-state index contributed by atoms with van der Waals surface area (Å²) >= 11 is 6.30. The van der Waals surface area contributed by atoms with Crippen molar-refractivity contribution in [2.24, 2.45) is 0 Å². The second-order valence-corrected chi connectivity index (χ2v) is 6.46. The Morgan fingerprint density at radius 1 is 1.23 bits per heavy atom. The standard InChI is InChI=1S/C21H19ClFNO2/c1-15(25)24(14-16-7-5-6-10-19(16)22)20-13-17(23)11-12-21(20)26-18-8-3-2-4-9-18/h2-5,7-9,11-13H,6,10,14H2,1H3. The van der Waals surface area contributed by atoms with E-state index in [0.29, 0.717) is 17.2 Å². The Hall–Kier alpha value is -2.59. The fraction of sp³-hybridized carbons (Fsp3) is 0.190. The normalized spacial score (nSPS) is 13.7. The number of carbonyl (C=O) groups excluding carboxylic acids is 1. The SMILES string of the molecule is CC(=O)N(CC1=C(Cl)CCC=C1)c1cc(F)ccc1Oc1ccccc1. The van der Waals surface area contributed by atoms with Gasteiger partial charge in [0.2, 0.25) is 5.91 Å². The predicted molar refractivity (Wildman–Crippen MR) is 102 cm³/mol. The topological polar surface area (TPSA) is 29.5 Å². The molecule has 2 aromatic rings. The minimum absolute atomic E-state index is 0.218. The van der Waals surface area contributed by atoms with Crippen LogP contribution in [0.5, 0.6) is 11.5 Å². The van der Waals surface area contributed by atoms with E-state index in [2.05, 4.69) is 0 Å². The van der Waals surface area contributed by atoms with Crippen molar-refractivity contribution in [1.82, 2.24) is 0 Å². The van der Waals surface area contributed by atoms with Gasteiger partial charge in [0.1, 0.15) is 11.6 Å². The Morgan fingerprint density at radius 2 is 2.00 bits per heavy atom. The maximum atomic E-state index is 13.9. The molecule has 3 rings (SSSR count). The molecule has 0 spiro atoms. The Kier molecular flexibility index (Phi) is 5.74. The third kappa shape index (κ3) is 4.33. The van der Waals surface area contributed by atoms with E-state index >= 15 is 0 Å². The monoisotopic (exact) mass is 371 g/mol. The number of hydrogen-bond acceptors (Lipinski definition) is 2. The lowest BCUT2D eigenvalue weighted by atomic mass is 10.1. The molecule has 0 saturated carbocycles. The van der Waals surface area contributed by atoms with Crippen LogP contribution in [-0.2, 0) is 4.79 Å². The Morgan fingerprint density at radius 3 is 2.69 bits per heavy atom. The first-order valence-corrected chi connectivity index (χ1v) is 8.77. The molecule has 0 bridgehead atoms. The van der Waals surface area contributed by atoms with Crippen LogP contribution in [0.1, 0.15) is 19.8 Å². The van der Waals surface area contributed by atoms with Gasteiger partial charge in [-0.05, 0) is 42.7 Å². The van der Waals surface area contributed by atoms with Gasteiger partial charge in [-0.25, -0.2) is 4.39 Å². The summed E-state index contributed by atoms with van der Waals surface area (Å²) < 4.78 is 19.8. The van der Waals surface area contributed by atoms with Gasteiger partial charge in [0.25, 0.3) is 0 Å². The van der Waals surface area contributed by atoms with Gasteiger partial charge in [-0.15, -0.1) is 0 Å². The van der Waals surface area contributed by atoms with Gasteiger partial charge >= 0.3 is 0 Å². The molecule has 0 unspecified atom stereocenters. The fourth-order valence-corrected chi connectivity index (χ4v) is 3.00. The van der Waals surface area contributed by atoms with Gasteiger partial charge in [-0.3, -0.25) is 4.79 Å². The van der Waals surface area contributed by atoms with E-state index in [4.69, 9.17) is 16.3 Å². The third-order valence-electron chi connectivity index (χ3n) is 4.09. The van der Waals surface area contributed by atoms with E-state index in [0.717, 1.165) is 23.4 Å². The lowest BCUT2D eigenvalue weighted by Gasteiger charge is -2.25. The van der Waals surface area contributed by atoms with Crippen LogP contribution in [-0.4, -0.2) is 12.5 Å². The molecule has 2 aromatic carbocycles. The number of amides is 1. The van der Waals surface area contributed by atoms with Gasteiger partial charge < -0.3 is 9.64 Å². The van der Waals surface area contributed by atoms with E-state index in [9.17, 15) is 9.18 Å². The van der Waals surface area contributed by atoms with Crippen LogP contribution in [0.25, 0.3) is 0 Å². The first kappa shape index (κ1) is 18.2. The van der Waals surface area contributed by atoms with E-state index in [1.54, 1.807) is 12.1 Å². The number of rotatable bonds is 5. The minimum Gasteiger partial charge on any atom is -0.455 e. The summed E-state index contributed by atoms with van der Waals surface area (Å²) in [6.07, 6.45) is 5.56. The summed E-state index contributed by atoms with van der Waals surface area (Å²) in [5.41, 5.74) is 1.22. The quantitative estimate of drug-likeness (QED) is 0.663. The molecule has 0 radical (unpaired) electrons. The average Bonchev–Trinajstić information content (AvgIpc) is 2.63. The minimum atomic E-state index is -0.439. The van der Waals surface area contributed by atoms with Crippen molar-refractivity contribution in [3.8, 4) is 11.5 Å². The zero-order valence-electron chi connectivity index (χ0n) is 14.4. The molecule has 1 aliphatic rings. The van der Waals surface area contributed by atoms with Crippen molar-refractivity contribution in [2.45, 2.75) is 19.8 Å². The lowest BCUT2D eigenvalue weighted by Crippen LogP contribution is -2.31. The summed E-state index contributed by atoms with van der Waals surface area (Å²) in [4.78, 5) is 13.8. The third-order valence-corrected chi connectivity index (χ3v) is 4.52. The number of ether oxygens (including phenoxy) is 1. The molecule has 0 atom stereocenters. The van der Waals surface area contributed by atoms with Gasteiger partial charge in [0.15, 0.2) is 5.75 Å². The fourth-order valence-electron chi connectivity index (χ4n) is 2.76. The Labute approximate surface area is 157 Å². The summed E-state index contributed by atoms with van der Waals surface area (Å²) in [5, 5.41) is 0.723. The molecule has 134 valence electrons. The second kappa shape index (κ2) is 8.19. The zero-order valence-corrected chi connectivity index (χ0v) is 15.2. The number of hydrogen-bond donors (Lipinski definition) is 0. The lowest BCUT2D eigenvalue weighted by molar-refractivity contribution is -0.116. The number of halogens is 2. The number of nitrogens with zero attached hydrogens (tertiary/aromatic N) is 1. The summed E-state index contributed by atoms with van der Waals surface area (Å²) in [7, 11) is 0. The molecule has 1 amide bonds. The maximum absolute atomic E-state index is 13.9. The average molecular weight is 372 g/mol. The number of allylic oxidation sites excluding steroid dienone is 2. The molecule has 0 N–H and O–H groups in total. The highest BCUT2D eigenvalue weighted by atomic mass is 35.5. The summed E-state index contributed by atoms with van der Waals surface area (Å²) in [6, 6.07) is 13.3.